The zero-order valence-corrected chi connectivity index (χ0v) is 21.3. The lowest BCUT2D eigenvalue weighted by Gasteiger charge is -2.29. The van der Waals surface area contributed by atoms with E-state index in [2.05, 4.69) is 18.7 Å². The number of hydrogen-bond donors (Lipinski definition) is 0. The predicted octanol–water partition coefficient (Wildman–Crippen LogP) is 5.16. The van der Waals surface area contributed by atoms with Gasteiger partial charge in [0.1, 0.15) is 15.8 Å². The molecule has 0 aromatic carbocycles. The van der Waals surface area contributed by atoms with Crippen LogP contribution >= 0.6 is 24.0 Å². The number of carbonyl (C=O) groups is 1. The molecule has 8 heteroatoms. The van der Waals surface area contributed by atoms with Crippen LogP contribution in [0, 0.1) is 6.92 Å². The van der Waals surface area contributed by atoms with Crippen LogP contribution < -0.4 is 10.5 Å². The second-order valence-electron chi connectivity index (χ2n) is 8.87. The van der Waals surface area contributed by atoms with E-state index in [1.807, 2.05) is 19.1 Å². The van der Waals surface area contributed by atoms with Crippen LogP contribution in [0.5, 0.6) is 0 Å². The van der Waals surface area contributed by atoms with Gasteiger partial charge in [0.15, 0.2) is 0 Å². The Hall–Kier alpha value is -2.19. The maximum Gasteiger partial charge on any atom is 0.267 e. The van der Waals surface area contributed by atoms with E-state index in [1.54, 1.807) is 21.6 Å². The van der Waals surface area contributed by atoms with E-state index < -0.39 is 0 Å². The number of aromatic nitrogens is 2. The normalized spacial score (nSPS) is 18.6. The van der Waals surface area contributed by atoms with Crippen LogP contribution in [0.15, 0.2) is 28.0 Å². The number of aryl methyl sites for hydroxylation is 1. The fraction of sp³-hybridized carbons (Fsp3) is 0.520. The molecule has 0 radical (unpaired) electrons. The molecular formula is C25H32N4O2S2. The van der Waals surface area contributed by atoms with Gasteiger partial charge in [-0.15, -0.1) is 0 Å². The number of thiocarbonyl (C=S) groups is 1. The molecule has 1 aliphatic heterocycles. The van der Waals surface area contributed by atoms with E-state index in [4.69, 9.17) is 17.2 Å². The van der Waals surface area contributed by atoms with E-state index >= 15 is 0 Å². The average Bonchev–Trinajstić information content (AvgIpc) is 3.09. The molecule has 1 saturated carbocycles. The average molecular weight is 485 g/mol. The van der Waals surface area contributed by atoms with Crippen molar-refractivity contribution < 1.29 is 4.79 Å². The Morgan fingerprint density at radius 1 is 1.18 bits per heavy atom. The molecule has 3 heterocycles. The lowest BCUT2D eigenvalue weighted by atomic mass is 9.94. The van der Waals surface area contributed by atoms with Crippen molar-refractivity contribution >= 4 is 51.7 Å². The quantitative estimate of drug-likeness (QED) is 0.400. The lowest BCUT2D eigenvalue weighted by Crippen LogP contribution is -2.39. The fourth-order valence-electron chi connectivity index (χ4n) is 4.80. The fourth-order valence-corrected chi connectivity index (χ4v) is 6.18. The number of rotatable bonds is 7. The zero-order chi connectivity index (χ0) is 23.5. The molecular weight excluding hydrogens is 452 g/mol. The van der Waals surface area contributed by atoms with E-state index in [0.717, 1.165) is 57.2 Å². The van der Waals surface area contributed by atoms with Crippen molar-refractivity contribution in [3.05, 3.63) is 44.7 Å². The van der Waals surface area contributed by atoms with E-state index in [0.29, 0.717) is 26.3 Å². The molecule has 1 aliphatic carbocycles. The molecule has 2 aliphatic rings. The number of nitrogens with zero attached hydrogens (tertiary/aromatic N) is 4. The highest BCUT2D eigenvalue weighted by atomic mass is 32.2. The van der Waals surface area contributed by atoms with Crippen molar-refractivity contribution in [1.82, 2.24) is 14.3 Å². The summed E-state index contributed by atoms with van der Waals surface area (Å²) in [6, 6.07) is 3.99. The number of fused-ring (bicyclic) bond motifs is 1. The second kappa shape index (κ2) is 10.4. The third kappa shape index (κ3) is 4.73. The predicted molar refractivity (Wildman–Crippen MR) is 141 cm³/mol. The first-order valence-corrected chi connectivity index (χ1v) is 13.2. The first-order valence-electron chi connectivity index (χ1n) is 12.0. The zero-order valence-electron chi connectivity index (χ0n) is 19.7. The van der Waals surface area contributed by atoms with Crippen molar-refractivity contribution in [3.8, 4) is 0 Å². The third-order valence-electron chi connectivity index (χ3n) is 6.39. The Morgan fingerprint density at radius 2 is 1.88 bits per heavy atom. The number of hydrogen-bond acceptors (Lipinski definition) is 6. The highest BCUT2D eigenvalue weighted by Gasteiger charge is 2.38. The van der Waals surface area contributed by atoms with Crippen LogP contribution in [0.1, 0.15) is 69.9 Å². The van der Waals surface area contributed by atoms with E-state index in [1.165, 1.54) is 18.2 Å². The van der Waals surface area contributed by atoms with E-state index in [9.17, 15) is 9.59 Å². The Labute approximate surface area is 205 Å². The molecule has 2 aromatic rings. The standard InChI is InChI=1S/C25H32N4O2S2/c1-4-13-27(14-5-2)22-19(23(30)28-15-9-10-17(3)21(28)26-22)16-20-24(31)29(25(32)33-20)18-11-7-6-8-12-18/h9-10,15-16,18H,4-8,11-14H2,1-3H3. The van der Waals surface area contributed by atoms with E-state index in [-0.39, 0.29) is 17.5 Å². The van der Waals surface area contributed by atoms with Gasteiger partial charge >= 0.3 is 0 Å². The smallest absolute Gasteiger partial charge is 0.267 e. The summed E-state index contributed by atoms with van der Waals surface area (Å²) in [5, 5.41) is 0. The molecule has 0 N–H and O–H groups in total. The van der Waals surface area contributed by atoms with Gasteiger partial charge in [0.25, 0.3) is 11.5 Å². The number of amides is 1. The third-order valence-corrected chi connectivity index (χ3v) is 7.72. The number of carbonyl (C=O) groups excluding carboxylic acids is 1. The van der Waals surface area contributed by atoms with Crippen LogP contribution in [0.25, 0.3) is 11.7 Å². The summed E-state index contributed by atoms with van der Waals surface area (Å²) in [7, 11) is 0. The Kier molecular flexibility index (Phi) is 7.54. The minimum absolute atomic E-state index is 0.0749. The van der Waals surface area contributed by atoms with Crippen LogP contribution in [0.3, 0.4) is 0 Å². The van der Waals surface area contributed by atoms with Gasteiger partial charge in [0.2, 0.25) is 0 Å². The summed E-state index contributed by atoms with van der Waals surface area (Å²) in [4.78, 5) is 36.5. The van der Waals surface area contributed by atoms with Gasteiger partial charge in [-0.25, -0.2) is 4.98 Å². The summed E-state index contributed by atoms with van der Waals surface area (Å²) >= 11 is 6.91. The monoisotopic (exact) mass is 484 g/mol. The van der Waals surface area contributed by atoms with Crippen molar-refractivity contribution in [3.63, 3.8) is 0 Å². The topological polar surface area (TPSA) is 57.9 Å². The van der Waals surface area contributed by atoms with Gasteiger partial charge in [-0.3, -0.25) is 18.9 Å². The molecule has 4 rings (SSSR count). The van der Waals surface area contributed by atoms with Gasteiger partial charge in [0, 0.05) is 25.3 Å². The maximum atomic E-state index is 13.7. The molecule has 0 bridgehead atoms. The highest BCUT2D eigenvalue weighted by molar-refractivity contribution is 8.26. The van der Waals surface area contributed by atoms with Crippen molar-refractivity contribution in [2.24, 2.45) is 0 Å². The molecule has 2 aromatic heterocycles. The number of pyridine rings is 1. The molecule has 33 heavy (non-hydrogen) atoms. The van der Waals surface area contributed by atoms with Crippen LogP contribution in [-0.2, 0) is 4.79 Å². The summed E-state index contributed by atoms with van der Waals surface area (Å²) in [5.41, 5.74) is 1.91. The lowest BCUT2D eigenvalue weighted by molar-refractivity contribution is -0.124. The summed E-state index contributed by atoms with van der Waals surface area (Å²) in [5.74, 6) is 0.579. The molecule has 176 valence electrons. The second-order valence-corrected chi connectivity index (χ2v) is 10.5. The summed E-state index contributed by atoms with van der Waals surface area (Å²) < 4.78 is 2.19. The van der Waals surface area contributed by atoms with Crippen LogP contribution in [0.2, 0.25) is 0 Å². The highest BCUT2D eigenvalue weighted by Crippen LogP contribution is 2.37. The SMILES string of the molecule is CCCN(CCC)c1nc2c(C)cccn2c(=O)c1C=C1SC(=S)N(C2CCCCC2)C1=O. The molecule has 0 atom stereocenters. The molecule has 1 saturated heterocycles. The minimum atomic E-state index is -0.154. The number of anilines is 1. The van der Waals surface area contributed by atoms with Crippen molar-refractivity contribution in [1.29, 1.82) is 0 Å². The van der Waals surface area contributed by atoms with Crippen molar-refractivity contribution in [2.45, 2.75) is 71.8 Å². The van der Waals surface area contributed by atoms with Gasteiger partial charge in [-0.1, -0.05) is 63.2 Å². The van der Waals surface area contributed by atoms with Gasteiger partial charge in [0.05, 0.1) is 10.5 Å². The Morgan fingerprint density at radius 3 is 2.55 bits per heavy atom. The number of thioether (sulfide) groups is 1. The largest absolute Gasteiger partial charge is 0.356 e. The summed E-state index contributed by atoms with van der Waals surface area (Å²) in [6.07, 6.45) is 10.8. The Bertz CT molecular complexity index is 1150. The summed E-state index contributed by atoms with van der Waals surface area (Å²) in [6.45, 7) is 7.80. The van der Waals surface area contributed by atoms with Crippen molar-refractivity contribution in [2.75, 3.05) is 18.0 Å². The maximum absolute atomic E-state index is 13.7. The molecule has 6 nitrogen and oxygen atoms in total. The van der Waals surface area contributed by atoms with Crippen LogP contribution in [0.4, 0.5) is 5.82 Å². The van der Waals surface area contributed by atoms with Gasteiger partial charge in [-0.2, -0.15) is 0 Å². The first-order chi connectivity index (χ1) is 16.0. The van der Waals surface area contributed by atoms with Gasteiger partial charge in [-0.05, 0) is 50.3 Å². The molecule has 2 fully saturated rings. The molecule has 0 spiro atoms. The Balaban J connectivity index is 1.83. The first kappa shape index (κ1) is 24.0. The minimum Gasteiger partial charge on any atom is -0.356 e. The molecule has 0 unspecified atom stereocenters. The molecule has 1 amide bonds. The van der Waals surface area contributed by atoms with Crippen LogP contribution in [-0.4, -0.2) is 43.6 Å². The van der Waals surface area contributed by atoms with Gasteiger partial charge < -0.3 is 4.90 Å².